The quantitative estimate of drug-likeness (QED) is 0.419. The van der Waals surface area contributed by atoms with Gasteiger partial charge in [-0.2, -0.15) is 5.10 Å². The van der Waals surface area contributed by atoms with Gasteiger partial charge in [0.15, 0.2) is 5.82 Å². The van der Waals surface area contributed by atoms with Crippen LogP contribution >= 0.6 is 0 Å². The second kappa shape index (κ2) is 11.6. The molecule has 0 unspecified atom stereocenters. The maximum absolute atomic E-state index is 12.8. The van der Waals surface area contributed by atoms with Gasteiger partial charge in [-0.1, -0.05) is 27.7 Å². The first-order chi connectivity index (χ1) is 14.6. The normalized spacial score (nSPS) is 9.97. The Kier molecular flexibility index (Phi) is 8.81. The highest BCUT2D eigenvalue weighted by Gasteiger charge is 2.10. The van der Waals surface area contributed by atoms with Crippen LogP contribution in [0.1, 0.15) is 44.9 Å². The summed E-state index contributed by atoms with van der Waals surface area (Å²) >= 11 is 0. The van der Waals surface area contributed by atoms with E-state index in [-0.39, 0.29) is 5.82 Å². The minimum atomic E-state index is -0.214. The molecule has 156 valence electrons. The summed E-state index contributed by atoms with van der Waals surface area (Å²) in [6, 6.07) is 12.2. The molecule has 6 heteroatoms. The SMILES string of the molecule is CC.CC(C)c1ncccc1-c1ncccn1.Cc1cc(F)ccc1-n1cccn1. The van der Waals surface area contributed by atoms with Gasteiger partial charge in [0.25, 0.3) is 0 Å². The summed E-state index contributed by atoms with van der Waals surface area (Å²) in [5, 5.41) is 4.07. The monoisotopic (exact) mass is 405 g/mol. The Morgan fingerprint density at radius 1 is 0.867 bits per heavy atom. The highest BCUT2D eigenvalue weighted by molar-refractivity contribution is 5.58. The molecule has 1 aromatic carbocycles. The molecule has 0 fully saturated rings. The Balaban J connectivity index is 0.000000199. The van der Waals surface area contributed by atoms with E-state index in [2.05, 4.69) is 33.9 Å². The average Bonchev–Trinajstić information content (AvgIpc) is 3.31. The predicted octanol–water partition coefficient (Wildman–Crippen LogP) is 6.01. The topological polar surface area (TPSA) is 56.5 Å². The summed E-state index contributed by atoms with van der Waals surface area (Å²) in [7, 11) is 0. The van der Waals surface area contributed by atoms with E-state index in [1.165, 1.54) is 12.1 Å². The van der Waals surface area contributed by atoms with Crippen LogP contribution < -0.4 is 0 Å². The van der Waals surface area contributed by atoms with E-state index in [4.69, 9.17) is 0 Å². The van der Waals surface area contributed by atoms with E-state index in [1.54, 1.807) is 29.3 Å². The van der Waals surface area contributed by atoms with E-state index in [0.717, 1.165) is 28.3 Å². The van der Waals surface area contributed by atoms with E-state index in [0.29, 0.717) is 5.92 Å². The van der Waals surface area contributed by atoms with Gasteiger partial charge in [-0.05, 0) is 60.9 Å². The van der Waals surface area contributed by atoms with Gasteiger partial charge in [0.2, 0.25) is 0 Å². The van der Waals surface area contributed by atoms with Crippen LogP contribution in [-0.4, -0.2) is 24.7 Å². The van der Waals surface area contributed by atoms with Gasteiger partial charge >= 0.3 is 0 Å². The van der Waals surface area contributed by atoms with Gasteiger partial charge in [0, 0.05) is 36.5 Å². The molecule has 0 spiro atoms. The van der Waals surface area contributed by atoms with Crippen molar-refractivity contribution in [3.63, 3.8) is 0 Å². The Labute approximate surface area is 177 Å². The number of pyridine rings is 1. The van der Waals surface area contributed by atoms with Crippen molar-refractivity contribution in [2.45, 2.75) is 40.5 Å². The Bertz CT molecular complexity index is 1010. The van der Waals surface area contributed by atoms with Crippen molar-refractivity contribution in [2.24, 2.45) is 0 Å². The number of aryl methyl sites for hydroxylation is 1. The number of rotatable bonds is 3. The zero-order chi connectivity index (χ0) is 21.9. The molecule has 0 amide bonds. The van der Waals surface area contributed by atoms with Gasteiger partial charge in [-0.15, -0.1) is 0 Å². The number of hydrogen-bond acceptors (Lipinski definition) is 4. The standard InChI is InChI=1S/C12H13N3.C10H9FN2.C2H6/c1-9(2)11-10(5-3-6-13-11)12-14-7-4-8-15-12;1-8-7-9(11)3-4-10(8)13-6-2-5-12-13;1-2/h3-9H,1-2H3;2-7H,1H3;1-2H3. The largest absolute Gasteiger partial charge is 0.260 e. The first kappa shape index (κ1) is 22.9. The zero-order valence-corrected chi connectivity index (χ0v) is 18.1. The number of halogens is 1. The maximum Gasteiger partial charge on any atom is 0.160 e. The van der Waals surface area contributed by atoms with Crippen LogP contribution in [-0.2, 0) is 0 Å². The zero-order valence-electron chi connectivity index (χ0n) is 18.1. The van der Waals surface area contributed by atoms with E-state index in [1.807, 2.05) is 57.4 Å². The fraction of sp³-hybridized carbons (Fsp3) is 0.250. The van der Waals surface area contributed by atoms with E-state index >= 15 is 0 Å². The lowest BCUT2D eigenvalue weighted by Crippen LogP contribution is -1.98. The fourth-order valence-corrected chi connectivity index (χ4v) is 2.79. The maximum atomic E-state index is 12.8. The molecule has 5 nitrogen and oxygen atoms in total. The van der Waals surface area contributed by atoms with Gasteiger partial charge < -0.3 is 0 Å². The number of benzene rings is 1. The molecule has 4 aromatic rings. The van der Waals surface area contributed by atoms with Gasteiger partial charge in [0.05, 0.1) is 11.4 Å². The lowest BCUT2D eigenvalue weighted by molar-refractivity contribution is 0.625. The van der Waals surface area contributed by atoms with Crippen LogP contribution in [0.2, 0.25) is 0 Å². The summed E-state index contributed by atoms with van der Waals surface area (Å²) in [6.45, 7) is 10.1. The lowest BCUT2D eigenvalue weighted by Gasteiger charge is -2.09. The van der Waals surface area contributed by atoms with Crippen molar-refractivity contribution in [1.82, 2.24) is 24.7 Å². The molecule has 0 aliphatic carbocycles. The molecule has 0 atom stereocenters. The third-order valence-electron chi connectivity index (χ3n) is 4.10. The molecular weight excluding hydrogens is 377 g/mol. The van der Waals surface area contributed by atoms with Crippen LogP contribution in [0.3, 0.4) is 0 Å². The van der Waals surface area contributed by atoms with Crippen molar-refractivity contribution < 1.29 is 4.39 Å². The van der Waals surface area contributed by atoms with Crippen molar-refractivity contribution in [3.05, 3.63) is 90.5 Å². The molecule has 0 saturated heterocycles. The van der Waals surface area contributed by atoms with Crippen LogP contribution in [0.4, 0.5) is 4.39 Å². The molecule has 3 aromatic heterocycles. The Hall–Kier alpha value is -3.41. The second-order valence-corrected chi connectivity index (χ2v) is 6.54. The summed E-state index contributed by atoms with van der Waals surface area (Å²) < 4.78 is 14.5. The average molecular weight is 406 g/mol. The second-order valence-electron chi connectivity index (χ2n) is 6.54. The molecule has 30 heavy (non-hydrogen) atoms. The molecule has 0 aliphatic heterocycles. The summed E-state index contributed by atoms with van der Waals surface area (Å²) in [6.07, 6.45) is 8.84. The lowest BCUT2D eigenvalue weighted by atomic mass is 10.0. The van der Waals surface area contributed by atoms with Crippen molar-refractivity contribution >= 4 is 0 Å². The predicted molar refractivity (Wildman–Crippen MR) is 119 cm³/mol. The van der Waals surface area contributed by atoms with Crippen LogP contribution in [0.15, 0.2) is 73.4 Å². The van der Waals surface area contributed by atoms with E-state index < -0.39 is 0 Å². The van der Waals surface area contributed by atoms with Gasteiger partial charge in [0.1, 0.15) is 5.82 Å². The molecular formula is C24H28FN5. The fourth-order valence-electron chi connectivity index (χ4n) is 2.79. The molecule has 0 radical (unpaired) electrons. The summed E-state index contributed by atoms with van der Waals surface area (Å²) in [5.41, 5.74) is 3.85. The molecule has 0 saturated carbocycles. The van der Waals surface area contributed by atoms with Crippen molar-refractivity contribution in [3.8, 4) is 17.1 Å². The highest BCUT2D eigenvalue weighted by atomic mass is 19.1. The van der Waals surface area contributed by atoms with Gasteiger partial charge in [-0.3, -0.25) is 4.98 Å². The van der Waals surface area contributed by atoms with E-state index in [9.17, 15) is 4.39 Å². The first-order valence-corrected chi connectivity index (χ1v) is 10.0. The smallest absolute Gasteiger partial charge is 0.160 e. The molecule has 0 aliphatic rings. The molecule has 3 heterocycles. The Morgan fingerprint density at radius 2 is 1.57 bits per heavy atom. The summed E-state index contributed by atoms with van der Waals surface area (Å²) in [4.78, 5) is 12.9. The molecule has 4 rings (SSSR count). The highest BCUT2D eigenvalue weighted by Crippen LogP contribution is 2.23. The Morgan fingerprint density at radius 3 is 2.17 bits per heavy atom. The number of nitrogens with zero attached hydrogens (tertiary/aromatic N) is 5. The molecule has 0 bridgehead atoms. The first-order valence-electron chi connectivity index (χ1n) is 10.0. The van der Waals surface area contributed by atoms with Crippen molar-refractivity contribution in [1.29, 1.82) is 0 Å². The van der Waals surface area contributed by atoms with Crippen molar-refractivity contribution in [2.75, 3.05) is 0 Å². The minimum Gasteiger partial charge on any atom is -0.260 e. The van der Waals surface area contributed by atoms with Crippen LogP contribution in [0.25, 0.3) is 17.1 Å². The number of hydrogen-bond donors (Lipinski definition) is 0. The number of aromatic nitrogens is 5. The van der Waals surface area contributed by atoms with Crippen LogP contribution in [0.5, 0.6) is 0 Å². The molecule has 0 N–H and O–H groups in total. The third kappa shape index (κ3) is 6.04. The third-order valence-corrected chi connectivity index (χ3v) is 4.10. The minimum absolute atomic E-state index is 0.214. The van der Waals surface area contributed by atoms with Gasteiger partial charge in [-0.25, -0.2) is 19.0 Å². The summed E-state index contributed by atoms with van der Waals surface area (Å²) in [5.74, 6) is 0.910. The van der Waals surface area contributed by atoms with Crippen LogP contribution in [0, 0.1) is 12.7 Å².